The molecule has 0 radical (unpaired) electrons. The van der Waals surface area contributed by atoms with Crippen LogP contribution in [-0.4, -0.2) is 25.1 Å². The van der Waals surface area contributed by atoms with Crippen molar-refractivity contribution in [3.8, 4) is 0 Å². The van der Waals surface area contributed by atoms with Crippen molar-refractivity contribution in [2.75, 3.05) is 11.5 Å². The summed E-state index contributed by atoms with van der Waals surface area (Å²) in [5.41, 5.74) is 0. The fourth-order valence-corrected chi connectivity index (χ4v) is 6.27. The average Bonchev–Trinajstić information content (AvgIpc) is 3.16. The molecular weight excluding hydrogens is 296 g/mol. The summed E-state index contributed by atoms with van der Waals surface area (Å²) in [4.78, 5) is 4.15. The molecule has 1 aromatic heterocycles. The highest BCUT2D eigenvalue weighted by molar-refractivity contribution is 8.21. The van der Waals surface area contributed by atoms with Crippen molar-refractivity contribution in [1.82, 2.24) is 9.55 Å². The van der Waals surface area contributed by atoms with Crippen molar-refractivity contribution in [2.24, 2.45) is 0 Å². The first kappa shape index (κ1) is 17.3. The van der Waals surface area contributed by atoms with Gasteiger partial charge in [-0.05, 0) is 12.8 Å². The summed E-state index contributed by atoms with van der Waals surface area (Å²) >= 11 is 4.43. The summed E-state index contributed by atoms with van der Waals surface area (Å²) in [7, 11) is 0. The summed E-state index contributed by atoms with van der Waals surface area (Å²) in [6, 6.07) is 0. The predicted octanol–water partition coefficient (Wildman–Crippen LogP) is 5.59. The van der Waals surface area contributed by atoms with Gasteiger partial charge in [-0.1, -0.05) is 51.9 Å². The topological polar surface area (TPSA) is 17.8 Å². The van der Waals surface area contributed by atoms with Crippen LogP contribution in [0.1, 0.15) is 64.7 Å². The van der Waals surface area contributed by atoms with Crippen LogP contribution in [-0.2, 0) is 6.54 Å². The van der Waals surface area contributed by atoms with E-state index in [9.17, 15) is 0 Å². The van der Waals surface area contributed by atoms with Gasteiger partial charge in [-0.15, -0.1) is 23.5 Å². The SMILES string of the molecule is CCCCCCCCCC1(CCn2ccnc2)SCCS1. The second-order valence-corrected chi connectivity index (χ2v) is 9.24. The summed E-state index contributed by atoms with van der Waals surface area (Å²) < 4.78 is 2.72. The largest absolute Gasteiger partial charge is 0.337 e. The van der Waals surface area contributed by atoms with E-state index < -0.39 is 0 Å². The highest BCUT2D eigenvalue weighted by Gasteiger charge is 2.34. The molecule has 1 fully saturated rings. The van der Waals surface area contributed by atoms with E-state index in [-0.39, 0.29) is 0 Å². The van der Waals surface area contributed by atoms with Gasteiger partial charge in [-0.3, -0.25) is 0 Å². The molecule has 120 valence electrons. The molecule has 1 aliphatic rings. The number of aryl methyl sites for hydroxylation is 1. The van der Waals surface area contributed by atoms with E-state index >= 15 is 0 Å². The highest BCUT2D eigenvalue weighted by atomic mass is 32.2. The summed E-state index contributed by atoms with van der Waals surface area (Å²) in [6.45, 7) is 3.41. The lowest BCUT2D eigenvalue weighted by Crippen LogP contribution is -2.19. The van der Waals surface area contributed by atoms with Gasteiger partial charge < -0.3 is 4.57 Å². The molecular formula is C17H30N2S2. The van der Waals surface area contributed by atoms with Crippen molar-refractivity contribution in [1.29, 1.82) is 0 Å². The highest BCUT2D eigenvalue weighted by Crippen LogP contribution is 2.50. The van der Waals surface area contributed by atoms with E-state index in [1.165, 1.54) is 69.3 Å². The number of hydrogen-bond donors (Lipinski definition) is 0. The molecule has 1 aromatic rings. The fourth-order valence-electron chi connectivity index (χ4n) is 2.98. The Morgan fingerprint density at radius 1 is 1.00 bits per heavy atom. The Balaban J connectivity index is 1.64. The van der Waals surface area contributed by atoms with Crippen LogP contribution >= 0.6 is 23.5 Å². The van der Waals surface area contributed by atoms with Crippen LogP contribution < -0.4 is 0 Å². The zero-order valence-corrected chi connectivity index (χ0v) is 15.1. The number of hydrogen-bond acceptors (Lipinski definition) is 3. The third-order valence-electron chi connectivity index (χ3n) is 4.28. The third kappa shape index (κ3) is 6.27. The fraction of sp³-hybridized carbons (Fsp3) is 0.824. The molecule has 0 bridgehead atoms. The lowest BCUT2D eigenvalue weighted by molar-refractivity contribution is 0.526. The van der Waals surface area contributed by atoms with Crippen molar-refractivity contribution in [2.45, 2.75) is 75.3 Å². The molecule has 0 amide bonds. The molecule has 0 atom stereocenters. The Hall–Kier alpha value is -0.0900. The molecule has 0 aromatic carbocycles. The molecule has 1 saturated heterocycles. The number of rotatable bonds is 11. The van der Waals surface area contributed by atoms with Crippen molar-refractivity contribution in [3.05, 3.63) is 18.7 Å². The first-order valence-electron chi connectivity index (χ1n) is 8.58. The molecule has 21 heavy (non-hydrogen) atoms. The Kier molecular flexibility index (Phi) is 8.08. The van der Waals surface area contributed by atoms with E-state index in [0.29, 0.717) is 4.08 Å². The average molecular weight is 327 g/mol. The molecule has 0 unspecified atom stereocenters. The minimum atomic E-state index is 0.494. The molecule has 0 spiro atoms. The monoisotopic (exact) mass is 326 g/mol. The van der Waals surface area contributed by atoms with Crippen LogP contribution in [0.2, 0.25) is 0 Å². The van der Waals surface area contributed by atoms with E-state index in [4.69, 9.17) is 0 Å². The zero-order chi connectivity index (χ0) is 14.8. The van der Waals surface area contributed by atoms with Crippen LogP contribution in [0, 0.1) is 0 Å². The van der Waals surface area contributed by atoms with Gasteiger partial charge in [-0.25, -0.2) is 4.98 Å². The minimum absolute atomic E-state index is 0.494. The van der Waals surface area contributed by atoms with Gasteiger partial charge in [0.25, 0.3) is 0 Å². The first-order chi connectivity index (χ1) is 10.3. The Morgan fingerprint density at radius 3 is 2.38 bits per heavy atom. The van der Waals surface area contributed by atoms with Gasteiger partial charge in [0.05, 0.1) is 10.4 Å². The molecule has 4 heteroatoms. The van der Waals surface area contributed by atoms with Gasteiger partial charge in [0.2, 0.25) is 0 Å². The minimum Gasteiger partial charge on any atom is -0.337 e. The van der Waals surface area contributed by atoms with Gasteiger partial charge in [-0.2, -0.15) is 0 Å². The summed E-state index contributed by atoms with van der Waals surface area (Å²) in [6.07, 6.45) is 18.5. The lowest BCUT2D eigenvalue weighted by atomic mass is 10.1. The van der Waals surface area contributed by atoms with Gasteiger partial charge in [0.1, 0.15) is 0 Å². The normalized spacial score (nSPS) is 17.4. The molecule has 2 rings (SSSR count). The molecule has 2 heterocycles. The van der Waals surface area contributed by atoms with Crippen LogP contribution in [0.3, 0.4) is 0 Å². The smallest absolute Gasteiger partial charge is 0.0945 e. The number of nitrogens with zero attached hydrogens (tertiary/aromatic N) is 2. The zero-order valence-electron chi connectivity index (χ0n) is 13.4. The predicted molar refractivity (Wildman–Crippen MR) is 97.1 cm³/mol. The number of thioether (sulfide) groups is 2. The maximum absolute atomic E-state index is 4.15. The van der Waals surface area contributed by atoms with Crippen LogP contribution in [0.25, 0.3) is 0 Å². The summed E-state index contributed by atoms with van der Waals surface area (Å²) in [5.74, 6) is 2.68. The van der Waals surface area contributed by atoms with Crippen LogP contribution in [0.4, 0.5) is 0 Å². The first-order valence-corrected chi connectivity index (χ1v) is 10.6. The third-order valence-corrected chi connectivity index (χ3v) is 7.94. The molecule has 2 nitrogen and oxygen atoms in total. The number of aromatic nitrogens is 2. The van der Waals surface area contributed by atoms with E-state index in [1.54, 1.807) is 0 Å². The molecule has 0 saturated carbocycles. The molecule has 1 aliphatic heterocycles. The van der Waals surface area contributed by atoms with Gasteiger partial charge in [0.15, 0.2) is 0 Å². The maximum atomic E-state index is 4.15. The standard InChI is InChI=1S/C17H30N2S2/c1-2-3-4-5-6-7-8-9-17(20-14-15-21-17)10-12-19-13-11-18-16-19/h11,13,16H,2-10,12,14-15H2,1H3. The van der Waals surface area contributed by atoms with Crippen molar-refractivity contribution in [3.63, 3.8) is 0 Å². The Morgan fingerprint density at radius 2 is 1.71 bits per heavy atom. The van der Waals surface area contributed by atoms with Crippen molar-refractivity contribution < 1.29 is 0 Å². The van der Waals surface area contributed by atoms with Crippen molar-refractivity contribution >= 4 is 23.5 Å². The molecule has 0 N–H and O–H groups in total. The van der Waals surface area contributed by atoms with E-state index in [0.717, 1.165) is 6.54 Å². The molecule has 0 aliphatic carbocycles. The second-order valence-electron chi connectivity index (χ2n) is 6.03. The van der Waals surface area contributed by atoms with E-state index in [1.807, 2.05) is 12.5 Å². The Bertz CT molecular complexity index is 359. The van der Waals surface area contributed by atoms with Gasteiger partial charge >= 0.3 is 0 Å². The quantitative estimate of drug-likeness (QED) is 0.494. The number of imidazole rings is 1. The maximum Gasteiger partial charge on any atom is 0.0945 e. The Labute approximate surface area is 138 Å². The lowest BCUT2D eigenvalue weighted by Gasteiger charge is -2.27. The summed E-state index contributed by atoms with van der Waals surface area (Å²) in [5, 5.41) is 0. The number of unbranched alkanes of at least 4 members (excludes halogenated alkanes) is 6. The van der Waals surface area contributed by atoms with E-state index in [2.05, 4.69) is 46.2 Å². The van der Waals surface area contributed by atoms with Crippen LogP contribution in [0.15, 0.2) is 18.7 Å². The second kappa shape index (κ2) is 9.83. The van der Waals surface area contributed by atoms with Crippen LogP contribution in [0.5, 0.6) is 0 Å². The van der Waals surface area contributed by atoms with Gasteiger partial charge in [0, 0.05) is 30.4 Å².